The monoisotopic (exact) mass is 701 g/mol. The number of carbonyl (C=O) groups is 2. The van der Waals surface area contributed by atoms with Crippen LogP contribution in [0.15, 0.2) is 21.0 Å². The van der Waals surface area contributed by atoms with E-state index in [4.69, 9.17) is 18.3 Å². The first-order valence-electron chi connectivity index (χ1n) is 20.5. The van der Waals surface area contributed by atoms with Crippen molar-refractivity contribution in [1.82, 2.24) is 0 Å². The standard InChI is InChI=1S/C43H72O7/c1-5-7-19-25-37-31-35(3)40(48-37)27-21-15-11-9-10-12-17-23-29-42(45)47-34-39(33-44)50-43(46)30-24-18-14-13-16-22-28-41-36(4)32-38(49-41)26-20-8-6-2/h31-32,39,44H,5-30,33-34H2,1-4H3/t39-/m0/s1. The number of esters is 2. The lowest BCUT2D eigenvalue weighted by Gasteiger charge is -2.15. The Hall–Kier alpha value is -2.54. The molecule has 2 rings (SSSR count). The van der Waals surface area contributed by atoms with Gasteiger partial charge in [0.25, 0.3) is 0 Å². The van der Waals surface area contributed by atoms with Gasteiger partial charge in [-0.05, 0) is 75.6 Å². The molecule has 2 aromatic heterocycles. The van der Waals surface area contributed by atoms with Crippen LogP contribution >= 0.6 is 0 Å². The summed E-state index contributed by atoms with van der Waals surface area (Å²) in [6.07, 6.45) is 26.6. The van der Waals surface area contributed by atoms with Gasteiger partial charge in [-0.1, -0.05) is 104 Å². The van der Waals surface area contributed by atoms with Crippen LogP contribution in [0, 0.1) is 13.8 Å². The highest BCUT2D eigenvalue weighted by atomic mass is 16.6. The molecule has 2 aromatic rings. The van der Waals surface area contributed by atoms with Gasteiger partial charge in [-0.3, -0.25) is 9.59 Å². The van der Waals surface area contributed by atoms with E-state index in [0.717, 1.165) is 101 Å². The first-order valence-corrected chi connectivity index (χ1v) is 20.5. The van der Waals surface area contributed by atoms with E-state index >= 15 is 0 Å². The minimum atomic E-state index is -0.798. The lowest BCUT2D eigenvalue weighted by molar-refractivity contribution is -0.161. The summed E-state index contributed by atoms with van der Waals surface area (Å²) in [5.74, 6) is 3.94. The molecular weight excluding hydrogens is 628 g/mol. The number of aryl methyl sites for hydroxylation is 6. The van der Waals surface area contributed by atoms with Gasteiger partial charge in [-0.25, -0.2) is 0 Å². The van der Waals surface area contributed by atoms with Gasteiger partial charge in [0.1, 0.15) is 29.6 Å². The van der Waals surface area contributed by atoms with Gasteiger partial charge in [0.05, 0.1) is 6.61 Å². The maximum Gasteiger partial charge on any atom is 0.306 e. The Kier molecular flexibility index (Phi) is 24.5. The zero-order valence-electron chi connectivity index (χ0n) is 32.4. The Labute approximate surface area is 304 Å². The van der Waals surface area contributed by atoms with Crippen molar-refractivity contribution < 1.29 is 33.0 Å². The molecule has 0 aromatic carbocycles. The van der Waals surface area contributed by atoms with E-state index in [9.17, 15) is 14.7 Å². The van der Waals surface area contributed by atoms with Gasteiger partial charge in [0.2, 0.25) is 0 Å². The fraction of sp³-hybridized carbons (Fsp3) is 0.767. The molecule has 0 aliphatic carbocycles. The molecule has 0 radical (unpaired) electrons. The molecule has 0 aliphatic heterocycles. The molecule has 2 heterocycles. The molecule has 50 heavy (non-hydrogen) atoms. The van der Waals surface area contributed by atoms with E-state index in [-0.39, 0.29) is 25.2 Å². The summed E-state index contributed by atoms with van der Waals surface area (Å²) in [6, 6.07) is 4.43. The normalized spacial score (nSPS) is 12.0. The maximum atomic E-state index is 12.3. The van der Waals surface area contributed by atoms with Gasteiger partial charge in [0.15, 0.2) is 6.10 Å². The van der Waals surface area contributed by atoms with Gasteiger partial charge >= 0.3 is 11.9 Å². The number of ether oxygens (including phenoxy) is 2. The first kappa shape index (κ1) is 43.6. The number of unbranched alkanes of at least 4 members (excludes halogenated alkanes) is 16. The van der Waals surface area contributed by atoms with Crippen molar-refractivity contribution in [2.24, 2.45) is 0 Å². The van der Waals surface area contributed by atoms with Crippen molar-refractivity contribution in [1.29, 1.82) is 0 Å². The molecule has 0 spiro atoms. The van der Waals surface area contributed by atoms with Crippen molar-refractivity contribution in [3.8, 4) is 0 Å². The van der Waals surface area contributed by atoms with Crippen LogP contribution < -0.4 is 0 Å². The number of hydrogen-bond donors (Lipinski definition) is 1. The van der Waals surface area contributed by atoms with Gasteiger partial charge in [0, 0.05) is 38.5 Å². The Morgan fingerprint density at radius 2 is 0.980 bits per heavy atom. The third kappa shape index (κ3) is 20.3. The van der Waals surface area contributed by atoms with E-state index in [1.165, 1.54) is 87.5 Å². The van der Waals surface area contributed by atoms with Crippen LogP contribution in [-0.2, 0) is 44.7 Å². The van der Waals surface area contributed by atoms with Crippen LogP contribution in [0.2, 0.25) is 0 Å². The van der Waals surface area contributed by atoms with Crippen LogP contribution in [0.3, 0.4) is 0 Å². The summed E-state index contributed by atoms with van der Waals surface area (Å²) < 4.78 is 22.8. The van der Waals surface area contributed by atoms with E-state index in [1.807, 2.05) is 0 Å². The molecule has 0 fully saturated rings. The number of hydrogen-bond acceptors (Lipinski definition) is 7. The van der Waals surface area contributed by atoms with E-state index in [1.54, 1.807) is 0 Å². The van der Waals surface area contributed by atoms with Gasteiger partial charge in [-0.2, -0.15) is 0 Å². The lowest BCUT2D eigenvalue weighted by Crippen LogP contribution is -2.28. The average Bonchev–Trinajstić information content (AvgIpc) is 3.64. The topological polar surface area (TPSA) is 99.1 Å². The van der Waals surface area contributed by atoms with Gasteiger partial charge in [-0.15, -0.1) is 0 Å². The molecule has 0 saturated carbocycles. The maximum absolute atomic E-state index is 12.3. The molecule has 1 atom stereocenters. The minimum Gasteiger partial charge on any atom is -0.466 e. The summed E-state index contributed by atoms with van der Waals surface area (Å²) >= 11 is 0. The molecule has 0 amide bonds. The van der Waals surface area contributed by atoms with E-state index in [0.29, 0.717) is 12.8 Å². The predicted molar refractivity (Wildman–Crippen MR) is 203 cm³/mol. The number of carbonyl (C=O) groups excluding carboxylic acids is 2. The minimum absolute atomic E-state index is 0.0891. The second-order valence-corrected chi connectivity index (χ2v) is 14.5. The highest BCUT2D eigenvalue weighted by Crippen LogP contribution is 2.21. The fourth-order valence-electron chi connectivity index (χ4n) is 6.53. The SMILES string of the molecule is CCCCCc1cc(C)c(CCCCCCCCCCC(=O)OC[C@H](CO)OC(=O)CCCCCCCCc2oc(CCCCC)cc2C)o1. The quantitative estimate of drug-likeness (QED) is 0.0599. The Morgan fingerprint density at radius 3 is 1.42 bits per heavy atom. The van der Waals surface area contributed by atoms with Crippen molar-refractivity contribution in [3.05, 3.63) is 46.3 Å². The van der Waals surface area contributed by atoms with Crippen molar-refractivity contribution in [2.75, 3.05) is 13.2 Å². The predicted octanol–water partition coefficient (Wildman–Crippen LogP) is 11.4. The van der Waals surface area contributed by atoms with Crippen molar-refractivity contribution in [3.63, 3.8) is 0 Å². The molecule has 286 valence electrons. The molecular formula is C43H72O7. The number of rotatable bonds is 32. The Balaban J connectivity index is 1.39. The molecule has 1 N–H and O–H groups in total. The molecule has 0 bridgehead atoms. The molecule has 7 heteroatoms. The number of aliphatic hydroxyl groups excluding tert-OH is 1. The molecule has 0 saturated heterocycles. The highest BCUT2D eigenvalue weighted by molar-refractivity contribution is 5.70. The lowest BCUT2D eigenvalue weighted by atomic mass is 10.1. The van der Waals surface area contributed by atoms with Crippen molar-refractivity contribution >= 4 is 11.9 Å². The van der Waals surface area contributed by atoms with Crippen LogP contribution in [0.1, 0.15) is 189 Å². The highest BCUT2D eigenvalue weighted by Gasteiger charge is 2.16. The van der Waals surface area contributed by atoms with Crippen LogP contribution in [-0.4, -0.2) is 36.4 Å². The summed E-state index contributed by atoms with van der Waals surface area (Å²) in [4.78, 5) is 24.4. The Bertz CT molecular complexity index is 1150. The first-order chi connectivity index (χ1) is 24.4. The Morgan fingerprint density at radius 1 is 0.580 bits per heavy atom. The molecule has 7 nitrogen and oxygen atoms in total. The van der Waals surface area contributed by atoms with Crippen LogP contribution in [0.25, 0.3) is 0 Å². The zero-order chi connectivity index (χ0) is 36.2. The average molecular weight is 701 g/mol. The third-order valence-electron chi connectivity index (χ3n) is 9.70. The van der Waals surface area contributed by atoms with Crippen LogP contribution in [0.5, 0.6) is 0 Å². The van der Waals surface area contributed by atoms with Crippen molar-refractivity contribution in [2.45, 2.75) is 201 Å². The summed E-state index contributed by atoms with van der Waals surface area (Å²) in [5.41, 5.74) is 2.58. The number of furan rings is 2. The molecule has 0 aliphatic rings. The van der Waals surface area contributed by atoms with E-state index < -0.39 is 6.10 Å². The largest absolute Gasteiger partial charge is 0.466 e. The zero-order valence-corrected chi connectivity index (χ0v) is 32.4. The van der Waals surface area contributed by atoms with Gasteiger partial charge < -0.3 is 23.4 Å². The third-order valence-corrected chi connectivity index (χ3v) is 9.70. The second kappa shape index (κ2) is 28.1. The van der Waals surface area contributed by atoms with E-state index in [2.05, 4.69) is 39.8 Å². The number of aliphatic hydroxyl groups is 1. The smallest absolute Gasteiger partial charge is 0.306 e. The molecule has 0 unspecified atom stereocenters. The fourth-order valence-corrected chi connectivity index (χ4v) is 6.53. The summed E-state index contributed by atoms with van der Waals surface area (Å²) in [5, 5.41) is 9.61. The summed E-state index contributed by atoms with van der Waals surface area (Å²) in [7, 11) is 0. The second-order valence-electron chi connectivity index (χ2n) is 14.5. The van der Waals surface area contributed by atoms with Crippen LogP contribution in [0.4, 0.5) is 0 Å². The summed E-state index contributed by atoms with van der Waals surface area (Å²) in [6.45, 7) is 8.32.